The van der Waals surface area contributed by atoms with Crippen LogP contribution in [-0.2, 0) is 14.3 Å². The van der Waals surface area contributed by atoms with Crippen LogP contribution in [0.3, 0.4) is 0 Å². The summed E-state index contributed by atoms with van der Waals surface area (Å²) in [6.45, 7) is 5.02. The van der Waals surface area contributed by atoms with Crippen molar-refractivity contribution in [2.24, 2.45) is 0 Å². The Bertz CT molecular complexity index is 821. The number of hydrogen-bond acceptors (Lipinski definition) is 5. The number of carbonyl (C=O) groups is 2. The van der Waals surface area contributed by atoms with E-state index in [1.807, 2.05) is 32.0 Å². The van der Waals surface area contributed by atoms with E-state index in [-0.39, 0.29) is 24.9 Å². The molecule has 7 nitrogen and oxygen atoms in total. The van der Waals surface area contributed by atoms with Crippen LogP contribution < -0.4 is 15.4 Å². The Hall–Kier alpha value is -2.90. The fourth-order valence-electron chi connectivity index (χ4n) is 2.79. The number of aryl methyl sites for hydroxylation is 1. The maximum Gasteiger partial charge on any atom is 0.238 e. The van der Waals surface area contributed by atoms with Crippen molar-refractivity contribution in [2.75, 3.05) is 51.1 Å². The highest BCUT2D eigenvalue weighted by molar-refractivity contribution is 5.95. The maximum atomic E-state index is 12.5. The first-order valence-corrected chi connectivity index (χ1v) is 9.44. The first-order chi connectivity index (χ1) is 13.9. The number of rotatable bonds is 10. The minimum absolute atomic E-state index is 0.0790. The number of anilines is 2. The summed E-state index contributed by atoms with van der Waals surface area (Å²) in [5.41, 5.74) is 3.59. The molecule has 7 heteroatoms. The standard InChI is InChI=1S/C22H29N3O4/c1-16-6-5-7-20(17(16)2)24-22(27)15-25(12-13-28-3)14-21(26)23-18-8-10-19(29-4)11-9-18/h5-11H,12-15H2,1-4H3,(H,23,26)(H,24,27). The van der Waals surface area contributed by atoms with E-state index in [2.05, 4.69) is 10.6 Å². The molecule has 0 aliphatic rings. The Morgan fingerprint density at radius 2 is 1.59 bits per heavy atom. The lowest BCUT2D eigenvalue weighted by molar-refractivity contribution is -0.120. The van der Waals surface area contributed by atoms with Crippen LogP contribution >= 0.6 is 0 Å². The van der Waals surface area contributed by atoms with E-state index in [0.29, 0.717) is 24.6 Å². The second-order valence-corrected chi connectivity index (χ2v) is 6.78. The molecule has 0 saturated carbocycles. The summed E-state index contributed by atoms with van der Waals surface area (Å²) >= 11 is 0. The minimum atomic E-state index is -0.203. The first kappa shape index (κ1) is 22.4. The van der Waals surface area contributed by atoms with Crippen LogP contribution in [0.2, 0.25) is 0 Å². The van der Waals surface area contributed by atoms with Gasteiger partial charge < -0.3 is 20.1 Å². The molecule has 0 unspecified atom stereocenters. The number of carbonyl (C=O) groups excluding carboxylic acids is 2. The van der Waals surface area contributed by atoms with Crippen molar-refractivity contribution in [3.05, 3.63) is 53.6 Å². The first-order valence-electron chi connectivity index (χ1n) is 9.44. The van der Waals surface area contributed by atoms with Gasteiger partial charge in [-0.1, -0.05) is 12.1 Å². The molecule has 0 aromatic heterocycles. The van der Waals surface area contributed by atoms with Gasteiger partial charge in [-0.25, -0.2) is 0 Å². The monoisotopic (exact) mass is 399 g/mol. The fraction of sp³-hybridized carbons (Fsp3) is 0.364. The van der Waals surface area contributed by atoms with Crippen LogP contribution in [0.5, 0.6) is 5.75 Å². The molecule has 0 aliphatic heterocycles. The quantitative estimate of drug-likeness (QED) is 0.642. The Kier molecular flexibility index (Phi) is 8.64. The summed E-state index contributed by atoms with van der Waals surface area (Å²) in [6.07, 6.45) is 0. The SMILES string of the molecule is COCCN(CC(=O)Nc1ccc(OC)cc1)CC(=O)Nc1cccc(C)c1C. The lowest BCUT2D eigenvalue weighted by Gasteiger charge is -2.21. The average molecular weight is 399 g/mol. The normalized spacial score (nSPS) is 10.7. The molecule has 0 aliphatic carbocycles. The Labute approximate surface area is 172 Å². The molecule has 2 N–H and O–H groups in total. The zero-order chi connectivity index (χ0) is 21.2. The van der Waals surface area contributed by atoms with Crippen LogP contribution in [0.25, 0.3) is 0 Å². The summed E-state index contributed by atoms with van der Waals surface area (Å²) in [4.78, 5) is 26.7. The third-order valence-corrected chi connectivity index (χ3v) is 4.60. The number of hydrogen-bond donors (Lipinski definition) is 2. The van der Waals surface area contributed by atoms with E-state index in [1.54, 1.807) is 43.4 Å². The molecular formula is C22H29N3O4. The van der Waals surface area contributed by atoms with Crippen molar-refractivity contribution >= 4 is 23.2 Å². The number of benzene rings is 2. The lowest BCUT2D eigenvalue weighted by Crippen LogP contribution is -2.40. The number of amides is 2. The molecule has 2 rings (SSSR count). The Balaban J connectivity index is 1.95. The van der Waals surface area contributed by atoms with Crippen molar-refractivity contribution in [3.63, 3.8) is 0 Å². The van der Waals surface area contributed by atoms with Crippen LogP contribution in [0.4, 0.5) is 11.4 Å². The van der Waals surface area contributed by atoms with E-state index in [0.717, 1.165) is 16.8 Å². The van der Waals surface area contributed by atoms with Gasteiger partial charge in [0.25, 0.3) is 0 Å². The van der Waals surface area contributed by atoms with Gasteiger partial charge in [-0.05, 0) is 55.3 Å². The minimum Gasteiger partial charge on any atom is -0.497 e. The molecule has 156 valence electrons. The summed E-state index contributed by atoms with van der Waals surface area (Å²) in [5.74, 6) is 0.339. The van der Waals surface area contributed by atoms with Gasteiger partial charge in [-0.3, -0.25) is 14.5 Å². The highest BCUT2D eigenvalue weighted by Gasteiger charge is 2.16. The highest BCUT2D eigenvalue weighted by atomic mass is 16.5. The summed E-state index contributed by atoms with van der Waals surface area (Å²) in [7, 11) is 3.18. The third-order valence-electron chi connectivity index (χ3n) is 4.60. The average Bonchev–Trinajstić information content (AvgIpc) is 2.70. The molecule has 0 heterocycles. The largest absolute Gasteiger partial charge is 0.497 e. The highest BCUT2D eigenvalue weighted by Crippen LogP contribution is 2.18. The second-order valence-electron chi connectivity index (χ2n) is 6.78. The maximum absolute atomic E-state index is 12.5. The number of nitrogens with zero attached hydrogens (tertiary/aromatic N) is 1. The van der Waals surface area contributed by atoms with Gasteiger partial charge in [0.15, 0.2) is 0 Å². The van der Waals surface area contributed by atoms with Gasteiger partial charge in [-0.15, -0.1) is 0 Å². The smallest absolute Gasteiger partial charge is 0.238 e. The summed E-state index contributed by atoms with van der Waals surface area (Å²) in [6, 6.07) is 12.9. The molecule has 0 bridgehead atoms. The van der Waals surface area contributed by atoms with Gasteiger partial charge >= 0.3 is 0 Å². The molecule has 2 aromatic rings. The zero-order valence-corrected chi connectivity index (χ0v) is 17.5. The number of ether oxygens (including phenoxy) is 2. The topological polar surface area (TPSA) is 79.9 Å². The van der Waals surface area contributed by atoms with Crippen molar-refractivity contribution < 1.29 is 19.1 Å². The van der Waals surface area contributed by atoms with Crippen molar-refractivity contribution in [2.45, 2.75) is 13.8 Å². The van der Waals surface area contributed by atoms with Crippen molar-refractivity contribution in [3.8, 4) is 5.75 Å². The van der Waals surface area contributed by atoms with E-state index < -0.39 is 0 Å². The molecule has 29 heavy (non-hydrogen) atoms. The lowest BCUT2D eigenvalue weighted by atomic mass is 10.1. The van der Waals surface area contributed by atoms with E-state index in [9.17, 15) is 9.59 Å². The van der Waals surface area contributed by atoms with Crippen LogP contribution in [-0.4, -0.2) is 57.2 Å². The van der Waals surface area contributed by atoms with Crippen LogP contribution in [0.15, 0.2) is 42.5 Å². The fourth-order valence-corrected chi connectivity index (χ4v) is 2.79. The molecular weight excluding hydrogens is 370 g/mol. The van der Waals surface area contributed by atoms with E-state index >= 15 is 0 Å². The Morgan fingerprint density at radius 3 is 2.21 bits per heavy atom. The van der Waals surface area contributed by atoms with Crippen molar-refractivity contribution in [1.82, 2.24) is 4.90 Å². The summed E-state index contributed by atoms with van der Waals surface area (Å²) in [5, 5.41) is 5.76. The second kappa shape index (κ2) is 11.2. The van der Waals surface area contributed by atoms with Gasteiger partial charge in [0.05, 0.1) is 26.8 Å². The third kappa shape index (κ3) is 7.21. The molecule has 0 fully saturated rings. The molecule has 0 saturated heterocycles. The molecule has 0 spiro atoms. The molecule has 2 amide bonds. The Morgan fingerprint density at radius 1 is 0.931 bits per heavy atom. The van der Waals surface area contributed by atoms with Gasteiger partial charge in [0, 0.05) is 25.0 Å². The number of methoxy groups -OCH3 is 2. The predicted octanol–water partition coefficient (Wildman–Crippen LogP) is 2.84. The molecule has 0 atom stereocenters. The summed E-state index contributed by atoms with van der Waals surface area (Å²) < 4.78 is 10.2. The molecule has 0 radical (unpaired) electrons. The number of nitrogens with one attached hydrogen (secondary N) is 2. The van der Waals surface area contributed by atoms with Crippen LogP contribution in [0, 0.1) is 13.8 Å². The predicted molar refractivity (Wildman–Crippen MR) is 114 cm³/mol. The van der Waals surface area contributed by atoms with Gasteiger partial charge in [0.1, 0.15) is 5.75 Å². The van der Waals surface area contributed by atoms with Crippen molar-refractivity contribution in [1.29, 1.82) is 0 Å². The van der Waals surface area contributed by atoms with Gasteiger partial charge in [-0.2, -0.15) is 0 Å². The van der Waals surface area contributed by atoms with E-state index in [1.165, 1.54) is 0 Å². The zero-order valence-electron chi connectivity index (χ0n) is 17.5. The molecule has 2 aromatic carbocycles. The van der Waals surface area contributed by atoms with Gasteiger partial charge in [0.2, 0.25) is 11.8 Å². The van der Waals surface area contributed by atoms with E-state index in [4.69, 9.17) is 9.47 Å². The van der Waals surface area contributed by atoms with Crippen LogP contribution in [0.1, 0.15) is 11.1 Å².